The fraction of sp³-hybridized carbons (Fsp3) is 0.192. The lowest BCUT2D eigenvalue weighted by Crippen LogP contribution is -2.13. The van der Waals surface area contributed by atoms with Crippen LogP contribution in [0.4, 0.5) is 5.95 Å². The monoisotopic (exact) mass is 519 g/mol. The summed E-state index contributed by atoms with van der Waals surface area (Å²) in [7, 11) is -1.70. The summed E-state index contributed by atoms with van der Waals surface area (Å²) in [5, 5.41) is 5.15. The van der Waals surface area contributed by atoms with Gasteiger partial charge >= 0.3 is 0 Å². The lowest BCUT2D eigenvalue weighted by molar-refractivity contribution is 0.415. The second kappa shape index (κ2) is 10.1. The maximum Gasteiger partial charge on any atom is 0.223 e. The SMILES string of the molecule is COc1ccc(-c2nc3sccn3c2-c2ccnc(NCCCS(=O)(=O)c3ccc(C)cc3)n2)cc1. The number of hydrogen-bond acceptors (Lipinski definition) is 8. The first kappa shape index (κ1) is 24.0. The Morgan fingerprint density at radius 3 is 2.56 bits per heavy atom. The van der Waals surface area contributed by atoms with Crippen LogP contribution in [0.3, 0.4) is 0 Å². The summed E-state index contributed by atoms with van der Waals surface area (Å²) in [6, 6.07) is 16.5. The number of ether oxygens (including phenoxy) is 1. The number of aromatic nitrogens is 4. The van der Waals surface area contributed by atoms with Gasteiger partial charge in [-0.05, 0) is 55.8 Å². The molecular formula is C26H25N5O3S2. The smallest absolute Gasteiger partial charge is 0.223 e. The van der Waals surface area contributed by atoms with Crippen molar-refractivity contribution in [2.75, 3.05) is 24.7 Å². The topological polar surface area (TPSA) is 98.5 Å². The molecule has 0 amide bonds. The zero-order valence-electron chi connectivity index (χ0n) is 19.9. The third kappa shape index (κ3) is 4.95. The molecular weight excluding hydrogens is 494 g/mol. The van der Waals surface area contributed by atoms with Crippen molar-refractivity contribution in [2.24, 2.45) is 0 Å². The molecule has 0 saturated heterocycles. The van der Waals surface area contributed by atoms with Gasteiger partial charge in [0.2, 0.25) is 5.95 Å². The summed E-state index contributed by atoms with van der Waals surface area (Å²) in [6.07, 6.45) is 4.10. The van der Waals surface area contributed by atoms with E-state index >= 15 is 0 Å². The number of nitrogens with zero attached hydrogens (tertiary/aromatic N) is 4. The molecule has 5 aromatic rings. The maximum atomic E-state index is 12.6. The van der Waals surface area contributed by atoms with Gasteiger partial charge in [0, 0.05) is 29.9 Å². The molecule has 1 N–H and O–H groups in total. The summed E-state index contributed by atoms with van der Waals surface area (Å²) in [6.45, 7) is 2.36. The molecule has 0 atom stereocenters. The molecule has 184 valence electrons. The van der Waals surface area contributed by atoms with E-state index in [1.54, 1.807) is 36.8 Å². The Morgan fingerprint density at radius 2 is 1.81 bits per heavy atom. The highest BCUT2D eigenvalue weighted by Gasteiger charge is 2.19. The van der Waals surface area contributed by atoms with Crippen LogP contribution < -0.4 is 10.1 Å². The van der Waals surface area contributed by atoms with Crippen LogP contribution in [0, 0.1) is 6.92 Å². The molecule has 0 saturated carbocycles. The van der Waals surface area contributed by atoms with Crippen molar-refractivity contribution in [3.05, 3.63) is 77.9 Å². The number of fused-ring (bicyclic) bond motifs is 1. The first-order valence-corrected chi connectivity index (χ1v) is 13.9. The fourth-order valence-electron chi connectivity index (χ4n) is 3.88. The first-order valence-electron chi connectivity index (χ1n) is 11.4. The number of hydrogen-bond donors (Lipinski definition) is 1. The largest absolute Gasteiger partial charge is 0.497 e. The van der Waals surface area contributed by atoms with E-state index in [1.165, 1.54) is 0 Å². The van der Waals surface area contributed by atoms with Crippen LogP contribution in [0.2, 0.25) is 0 Å². The van der Waals surface area contributed by atoms with E-state index in [2.05, 4.69) is 10.3 Å². The van der Waals surface area contributed by atoms with Crippen molar-refractivity contribution in [1.29, 1.82) is 0 Å². The van der Waals surface area contributed by atoms with Gasteiger partial charge in [0.15, 0.2) is 14.8 Å². The minimum Gasteiger partial charge on any atom is -0.497 e. The van der Waals surface area contributed by atoms with Crippen LogP contribution in [0.15, 0.2) is 77.3 Å². The molecule has 0 aliphatic carbocycles. The highest BCUT2D eigenvalue weighted by molar-refractivity contribution is 7.91. The molecule has 0 fully saturated rings. The van der Waals surface area contributed by atoms with Crippen LogP contribution >= 0.6 is 11.3 Å². The van der Waals surface area contributed by atoms with E-state index in [-0.39, 0.29) is 5.75 Å². The van der Waals surface area contributed by atoms with Gasteiger partial charge in [-0.3, -0.25) is 4.40 Å². The van der Waals surface area contributed by atoms with Crippen LogP contribution in [0.5, 0.6) is 5.75 Å². The van der Waals surface area contributed by atoms with E-state index in [1.807, 2.05) is 65.4 Å². The number of sulfone groups is 1. The van der Waals surface area contributed by atoms with E-state index in [9.17, 15) is 8.42 Å². The molecule has 0 bridgehead atoms. The van der Waals surface area contributed by atoms with Gasteiger partial charge in [-0.1, -0.05) is 17.7 Å². The first-order chi connectivity index (χ1) is 17.4. The van der Waals surface area contributed by atoms with Crippen LogP contribution in [-0.4, -0.2) is 47.2 Å². The summed E-state index contributed by atoms with van der Waals surface area (Å²) < 4.78 is 32.5. The third-order valence-corrected chi connectivity index (χ3v) is 8.35. The number of methoxy groups -OCH3 is 1. The van der Waals surface area contributed by atoms with Crippen LogP contribution in [0.1, 0.15) is 12.0 Å². The number of aryl methyl sites for hydroxylation is 1. The van der Waals surface area contributed by atoms with Gasteiger partial charge in [0.05, 0.1) is 29.1 Å². The lowest BCUT2D eigenvalue weighted by atomic mass is 10.1. The van der Waals surface area contributed by atoms with Crippen molar-refractivity contribution in [3.63, 3.8) is 0 Å². The Morgan fingerprint density at radius 1 is 1.03 bits per heavy atom. The van der Waals surface area contributed by atoms with Crippen molar-refractivity contribution in [1.82, 2.24) is 19.4 Å². The summed E-state index contributed by atoms with van der Waals surface area (Å²) in [5.74, 6) is 1.26. The highest BCUT2D eigenvalue weighted by atomic mass is 32.2. The average molecular weight is 520 g/mol. The Balaban J connectivity index is 1.34. The van der Waals surface area contributed by atoms with Crippen molar-refractivity contribution in [3.8, 4) is 28.4 Å². The fourth-order valence-corrected chi connectivity index (χ4v) is 5.91. The van der Waals surface area contributed by atoms with Gasteiger partial charge in [-0.25, -0.2) is 23.4 Å². The molecule has 0 radical (unpaired) electrons. The van der Waals surface area contributed by atoms with Gasteiger partial charge in [-0.15, -0.1) is 11.3 Å². The Bertz CT molecular complexity index is 1590. The predicted molar refractivity (Wildman–Crippen MR) is 142 cm³/mol. The standard InChI is InChI=1S/C26H25N5O3S2/c1-18-4-10-21(11-5-18)36(32,33)17-3-13-27-25-28-14-12-22(29-25)24-23(30-26-31(24)15-16-35-26)19-6-8-20(34-2)9-7-19/h4-12,14-16H,3,13,17H2,1-2H3,(H,27,28,29). The van der Waals surface area contributed by atoms with Crippen molar-refractivity contribution >= 4 is 32.1 Å². The minimum absolute atomic E-state index is 0.0442. The van der Waals surface area contributed by atoms with E-state index in [0.29, 0.717) is 23.8 Å². The molecule has 0 aliphatic heterocycles. The highest BCUT2D eigenvalue weighted by Crippen LogP contribution is 2.34. The minimum atomic E-state index is -3.33. The Kier molecular flexibility index (Phi) is 6.71. The van der Waals surface area contributed by atoms with Crippen molar-refractivity contribution in [2.45, 2.75) is 18.2 Å². The molecule has 0 spiro atoms. The third-order valence-electron chi connectivity index (χ3n) is 5.78. The number of rotatable bonds is 9. The van der Waals surface area contributed by atoms with Gasteiger partial charge in [0.1, 0.15) is 11.4 Å². The Labute approximate surface area is 213 Å². The van der Waals surface area contributed by atoms with E-state index < -0.39 is 9.84 Å². The van der Waals surface area contributed by atoms with Crippen LogP contribution in [0.25, 0.3) is 27.6 Å². The number of imidazole rings is 1. The second-order valence-corrected chi connectivity index (χ2v) is 11.3. The number of nitrogens with one attached hydrogen (secondary N) is 1. The molecule has 2 aromatic carbocycles. The summed E-state index contributed by atoms with van der Waals surface area (Å²) in [5.41, 5.74) is 4.38. The van der Waals surface area contributed by atoms with Gasteiger partial charge in [0.25, 0.3) is 0 Å². The normalized spacial score (nSPS) is 11.6. The molecule has 0 aliphatic rings. The van der Waals surface area contributed by atoms with Gasteiger partial charge in [-0.2, -0.15) is 0 Å². The number of thiazole rings is 1. The molecule has 36 heavy (non-hydrogen) atoms. The van der Waals surface area contributed by atoms with Crippen molar-refractivity contribution < 1.29 is 13.2 Å². The number of benzene rings is 2. The quantitative estimate of drug-likeness (QED) is 0.270. The Hall–Kier alpha value is -3.76. The van der Waals surface area contributed by atoms with E-state index in [0.717, 1.165) is 38.9 Å². The lowest BCUT2D eigenvalue weighted by Gasteiger charge is -2.09. The van der Waals surface area contributed by atoms with Crippen LogP contribution in [-0.2, 0) is 9.84 Å². The second-order valence-electron chi connectivity index (χ2n) is 8.27. The summed E-state index contributed by atoms with van der Waals surface area (Å²) in [4.78, 5) is 15.1. The molecule has 5 rings (SSSR count). The zero-order valence-corrected chi connectivity index (χ0v) is 21.5. The zero-order chi connectivity index (χ0) is 25.1. The average Bonchev–Trinajstić information content (AvgIpc) is 3.49. The predicted octanol–water partition coefficient (Wildman–Crippen LogP) is 5.11. The maximum absolute atomic E-state index is 12.6. The molecule has 0 unspecified atom stereocenters. The molecule has 3 heterocycles. The summed E-state index contributed by atoms with van der Waals surface area (Å²) >= 11 is 1.55. The molecule has 3 aromatic heterocycles. The number of anilines is 1. The van der Waals surface area contributed by atoms with E-state index in [4.69, 9.17) is 14.7 Å². The van der Waals surface area contributed by atoms with Gasteiger partial charge < -0.3 is 10.1 Å². The molecule has 8 nitrogen and oxygen atoms in total. The molecule has 10 heteroatoms.